The predicted molar refractivity (Wildman–Crippen MR) is 65.4 cm³/mol. The first-order valence-corrected chi connectivity index (χ1v) is 7.21. The zero-order valence-electron chi connectivity index (χ0n) is 10.5. The Kier molecular flexibility index (Phi) is 3.21. The average Bonchev–Trinajstić information content (AvgIpc) is 3.01. The quantitative estimate of drug-likeness (QED) is 0.791. The molecule has 2 nitrogen and oxygen atoms in total. The van der Waals surface area contributed by atoms with Gasteiger partial charge in [0.1, 0.15) is 0 Å². The van der Waals surface area contributed by atoms with E-state index in [1.54, 1.807) is 0 Å². The van der Waals surface area contributed by atoms with E-state index in [4.69, 9.17) is 4.74 Å². The molecule has 0 aromatic rings. The van der Waals surface area contributed by atoms with Crippen molar-refractivity contribution in [3.05, 3.63) is 0 Å². The number of hydrogen-bond donors (Lipinski definition) is 1. The number of fused-ring (bicyclic) bond motifs is 2. The highest BCUT2D eigenvalue weighted by molar-refractivity contribution is 4.94. The lowest BCUT2D eigenvalue weighted by Gasteiger charge is -2.26. The maximum Gasteiger partial charge on any atom is 0.0613 e. The summed E-state index contributed by atoms with van der Waals surface area (Å²) in [5.74, 6) is 2.85. The lowest BCUT2D eigenvalue weighted by molar-refractivity contribution is 0.0860. The summed E-state index contributed by atoms with van der Waals surface area (Å²) in [7, 11) is 0. The maximum absolute atomic E-state index is 5.75. The van der Waals surface area contributed by atoms with Crippen molar-refractivity contribution >= 4 is 0 Å². The standard InChI is InChI=1S/C14H25NO/c1-2-14-12(5-6-16-14)9-15-13-8-10-3-4-11(13)7-10/h10-15H,2-9H2,1H3. The van der Waals surface area contributed by atoms with Gasteiger partial charge < -0.3 is 10.1 Å². The second-order valence-electron chi connectivity index (χ2n) is 6.06. The van der Waals surface area contributed by atoms with Crippen LogP contribution < -0.4 is 5.32 Å². The van der Waals surface area contributed by atoms with Crippen LogP contribution in [-0.4, -0.2) is 25.3 Å². The van der Waals surface area contributed by atoms with Crippen molar-refractivity contribution in [2.75, 3.05) is 13.2 Å². The van der Waals surface area contributed by atoms with Crippen LogP contribution in [0.1, 0.15) is 45.4 Å². The van der Waals surface area contributed by atoms with E-state index in [0.717, 1.165) is 30.4 Å². The van der Waals surface area contributed by atoms with Gasteiger partial charge in [0, 0.05) is 19.2 Å². The smallest absolute Gasteiger partial charge is 0.0613 e. The third-order valence-corrected chi connectivity index (χ3v) is 5.13. The van der Waals surface area contributed by atoms with Crippen LogP contribution in [0, 0.1) is 17.8 Å². The Morgan fingerprint density at radius 2 is 2.12 bits per heavy atom. The van der Waals surface area contributed by atoms with Gasteiger partial charge in [-0.3, -0.25) is 0 Å². The van der Waals surface area contributed by atoms with Crippen LogP contribution >= 0.6 is 0 Å². The third kappa shape index (κ3) is 2.02. The van der Waals surface area contributed by atoms with Crippen LogP contribution in [-0.2, 0) is 4.74 Å². The van der Waals surface area contributed by atoms with Gasteiger partial charge in [0.2, 0.25) is 0 Å². The molecular formula is C14H25NO. The highest BCUT2D eigenvalue weighted by atomic mass is 16.5. The molecule has 0 aromatic carbocycles. The molecule has 0 radical (unpaired) electrons. The second kappa shape index (κ2) is 4.66. The minimum atomic E-state index is 0.533. The Balaban J connectivity index is 1.46. The van der Waals surface area contributed by atoms with Gasteiger partial charge in [-0.05, 0) is 49.9 Å². The minimum Gasteiger partial charge on any atom is -0.378 e. The van der Waals surface area contributed by atoms with E-state index in [2.05, 4.69) is 12.2 Å². The topological polar surface area (TPSA) is 21.3 Å². The maximum atomic E-state index is 5.75. The monoisotopic (exact) mass is 223 g/mol. The van der Waals surface area contributed by atoms with E-state index in [1.807, 2.05) is 0 Å². The molecule has 92 valence electrons. The molecule has 0 spiro atoms. The molecule has 5 unspecified atom stereocenters. The van der Waals surface area contributed by atoms with E-state index < -0.39 is 0 Å². The van der Waals surface area contributed by atoms with Gasteiger partial charge in [0.15, 0.2) is 0 Å². The zero-order chi connectivity index (χ0) is 11.0. The summed E-state index contributed by atoms with van der Waals surface area (Å²) in [6.45, 7) is 4.44. The Hall–Kier alpha value is -0.0800. The van der Waals surface area contributed by atoms with E-state index in [-0.39, 0.29) is 0 Å². The highest BCUT2D eigenvalue weighted by Gasteiger charge is 2.39. The van der Waals surface area contributed by atoms with Gasteiger partial charge in [0.05, 0.1) is 6.10 Å². The molecule has 0 amide bonds. The summed E-state index contributed by atoms with van der Waals surface area (Å²) in [4.78, 5) is 0. The first-order valence-electron chi connectivity index (χ1n) is 7.21. The van der Waals surface area contributed by atoms with Crippen LogP contribution in [0.3, 0.4) is 0 Å². The summed E-state index contributed by atoms with van der Waals surface area (Å²) < 4.78 is 5.75. The van der Waals surface area contributed by atoms with Crippen LogP contribution in [0.25, 0.3) is 0 Å². The number of nitrogens with one attached hydrogen (secondary N) is 1. The van der Waals surface area contributed by atoms with Crippen molar-refractivity contribution in [3.8, 4) is 0 Å². The summed E-state index contributed by atoms with van der Waals surface area (Å²) in [6, 6.07) is 0.844. The summed E-state index contributed by atoms with van der Waals surface area (Å²) >= 11 is 0. The molecule has 5 atom stereocenters. The van der Waals surface area contributed by atoms with Crippen LogP contribution in [0.2, 0.25) is 0 Å². The fourth-order valence-corrected chi connectivity index (χ4v) is 4.17. The normalized spacial score (nSPS) is 46.7. The number of hydrogen-bond acceptors (Lipinski definition) is 2. The average molecular weight is 223 g/mol. The van der Waals surface area contributed by atoms with Gasteiger partial charge in [-0.2, -0.15) is 0 Å². The van der Waals surface area contributed by atoms with Crippen LogP contribution in [0.5, 0.6) is 0 Å². The van der Waals surface area contributed by atoms with Crippen LogP contribution in [0.4, 0.5) is 0 Å². The molecule has 3 fully saturated rings. The third-order valence-electron chi connectivity index (χ3n) is 5.13. The molecule has 16 heavy (non-hydrogen) atoms. The van der Waals surface area contributed by atoms with E-state index in [9.17, 15) is 0 Å². The zero-order valence-corrected chi connectivity index (χ0v) is 10.5. The lowest BCUT2D eigenvalue weighted by atomic mass is 9.93. The van der Waals surface area contributed by atoms with Gasteiger partial charge in [0.25, 0.3) is 0 Å². The molecule has 2 heteroatoms. The lowest BCUT2D eigenvalue weighted by Crippen LogP contribution is -2.38. The number of ether oxygens (including phenoxy) is 1. The SMILES string of the molecule is CCC1OCCC1CNC1CC2CCC1C2. The van der Waals surface area contributed by atoms with Crippen molar-refractivity contribution in [1.29, 1.82) is 0 Å². The summed E-state index contributed by atoms with van der Waals surface area (Å²) in [5, 5.41) is 3.84. The molecule has 1 saturated heterocycles. The molecule has 2 saturated carbocycles. The van der Waals surface area contributed by atoms with Gasteiger partial charge in [-0.1, -0.05) is 13.3 Å². The molecule has 1 N–H and O–H groups in total. The molecule has 1 heterocycles. The van der Waals surface area contributed by atoms with Gasteiger partial charge in [-0.15, -0.1) is 0 Å². The summed E-state index contributed by atoms with van der Waals surface area (Å²) in [6.07, 6.45) is 8.94. The molecule has 2 aliphatic carbocycles. The van der Waals surface area contributed by atoms with Crippen molar-refractivity contribution in [3.63, 3.8) is 0 Å². The molecule has 0 aromatic heterocycles. The Bertz CT molecular complexity index is 237. The Morgan fingerprint density at radius 3 is 2.81 bits per heavy atom. The van der Waals surface area contributed by atoms with E-state index in [0.29, 0.717) is 6.10 Å². The molecule has 2 bridgehead atoms. The van der Waals surface area contributed by atoms with Crippen LogP contribution in [0.15, 0.2) is 0 Å². The molecule has 3 rings (SSSR count). The molecular weight excluding hydrogens is 198 g/mol. The predicted octanol–water partition coefficient (Wildman–Crippen LogP) is 2.58. The van der Waals surface area contributed by atoms with Crippen molar-refractivity contribution in [2.24, 2.45) is 17.8 Å². The van der Waals surface area contributed by atoms with E-state index >= 15 is 0 Å². The van der Waals surface area contributed by atoms with Crippen molar-refractivity contribution in [1.82, 2.24) is 5.32 Å². The minimum absolute atomic E-state index is 0.533. The largest absolute Gasteiger partial charge is 0.378 e. The highest BCUT2D eigenvalue weighted by Crippen LogP contribution is 2.44. The van der Waals surface area contributed by atoms with Crippen molar-refractivity contribution < 1.29 is 4.74 Å². The fraction of sp³-hybridized carbons (Fsp3) is 1.00. The Morgan fingerprint density at radius 1 is 1.19 bits per heavy atom. The van der Waals surface area contributed by atoms with Gasteiger partial charge >= 0.3 is 0 Å². The first-order chi connectivity index (χ1) is 7.86. The Labute approximate surface area is 99.1 Å². The first kappa shape index (κ1) is 11.0. The fourth-order valence-electron chi connectivity index (χ4n) is 4.17. The van der Waals surface area contributed by atoms with Gasteiger partial charge in [-0.25, -0.2) is 0 Å². The summed E-state index contributed by atoms with van der Waals surface area (Å²) in [5.41, 5.74) is 0. The van der Waals surface area contributed by atoms with Crippen molar-refractivity contribution in [2.45, 2.75) is 57.6 Å². The van der Waals surface area contributed by atoms with E-state index in [1.165, 1.54) is 45.1 Å². The number of rotatable bonds is 4. The molecule has 1 aliphatic heterocycles. The second-order valence-corrected chi connectivity index (χ2v) is 6.06. The molecule has 3 aliphatic rings.